The molecule has 3 aliphatic carbocycles. The third-order valence-corrected chi connectivity index (χ3v) is 11.7. The summed E-state index contributed by atoms with van der Waals surface area (Å²) >= 11 is 0. The second kappa shape index (κ2) is 8.35. The molecule has 0 spiro atoms. The number of carbonyl (C=O) groups excluding carboxylic acids is 1. The average molecular weight is 431 g/mol. The third kappa shape index (κ3) is 3.71. The van der Waals surface area contributed by atoms with Crippen molar-refractivity contribution in [3.8, 4) is 0 Å². The fourth-order valence-electron chi connectivity index (χ4n) is 9.76. The largest absolute Gasteiger partial charge is 0.462 e. The number of ether oxygens (including phenoxy) is 1. The van der Waals surface area contributed by atoms with E-state index in [1.54, 1.807) is 0 Å². The summed E-state index contributed by atoms with van der Waals surface area (Å²) in [5.41, 5.74) is 1.25. The summed E-state index contributed by atoms with van der Waals surface area (Å²) in [4.78, 5) is 12.3. The molecule has 2 nitrogen and oxygen atoms in total. The van der Waals surface area contributed by atoms with Crippen LogP contribution in [-0.2, 0) is 9.53 Å². The van der Waals surface area contributed by atoms with Gasteiger partial charge in [-0.1, -0.05) is 60.8 Å². The minimum absolute atomic E-state index is 0.0442. The van der Waals surface area contributed by atoms with E-state index in [0.717, 1.165) is 36.0 Å². The second-order valence-corrected chi connectivity index (χ2v) is 13.4. The predicted octanol–water partition coefficient (Wildman–Crippen LogP) is 8.04. The first-order valence-corrected chi connectivity index (χ1v) is 13.7. The second-order valence-electron chi connectivity index (χ2n) is 13.4. The fraction of sp³-hybridized carbons (Fsp3) is 0.966. The maximum Gasteiger partial charge on any atom is 0.306 e. The molecule has 0 aromatic rings. The molecule has 31 heavy (non-hydrogen) atoms. The molecule has 9 atom stereocenters. The number of esters is 1. The minimum atomic E-state index is 0.0442. The van der Waals surface area contributed by atoms with Crippen LogP contribution in [0.5, 0.6) is 0 Å². The normalized spacial score (nSPS) is 48.4. The number of cyclic esters (lactones) is 1. The Hall–Kier alpha value is -0.530. The summed E-state index contributed by atoms with van der Waals surface area (Å²) in [6.45, 7) is 17.4. The summed E-state index contributed by atoms with van der Waals surface area (Å²) in [5, 5.41) is 0. The van der Waals surface area contributed by atoms with Gasteiger partial charge in [0, 0.05) is 12.3 Å². The third-order valence-electron chi connectivity index (χ3n) is 11.7. The predicted molar refractivity (Wildman–Crippen MR) is 129 cm³/mol. The van der Waals surface area contributed by atoms with Crippen molar-refractivity contribution in [3.63, 3.8) is 0 Å². The zero-order chi connectivity index (χ0) is 22.6. The van der Waals surface area contributed by atoms with E-state index in [1.165, 1.54) is 57.8 Å². The smallest absolute Gasteiger partial charge is 0.306 e. The number of fused-ring (bicyclic) bond motifs is 5. The Morgan fingerprint density at radius 2 is 1.55 bits per heavy atom. The molecule has 0 aromatic carbocycles. The molecule has 0 aromatic heterocycles. The minimum Gasteiger partial charge on any atom is -0.462 e. The van der Waals surface area contributed by atoms with Gasteiger partial charge in [-0.3, -0.25) is 4.79 Å². The molecule has 2 heteroatoms. The van der Waals surface area contributed by atoms with Crippen LogP contribution >= 0.6 is 0 Å². The number of carbonyl (C=O) groups is 1. The van der Waals surface area contributed by atoms with Gasteiger partial charge in [-0.05, 0) is 97.7 Å². The monoisotopic (exact) mass is 430 g/mol. The first-order chi connectivity index (χ1) is 14.5. The Morgan fingerprint density at radius 3 is 2.26 bits per heavy atom. The topological polar surface area (TPSA) is 26.3 Å². The van der Waals surface area contributed by atoms with Gasteiger partial charge in [-0.25, -0.2) is 0 Å². The lowest BCUT2D eigenvalue weighted by Gasteiger charge is -2.64. The molecule has 4 fully saturated rings. The molecule has 1 saturated heterocycles. The highest BCUT2D eigenvalue weighted by molar-refractivity contribution is 5.70. The highest BCUT2D eigenvalue weighted by Gasteiger charge is 2.66. The SMILES string of the molecule is CC(C)CCC[C@@H](C)[C@H]1CC[C@@]2(C)[C@@H]3CC[C@H]4[C@H](C)OC(=O)CC[C@]4(C)[C@H]3CC[C@]12C. The van der Waals surface area contributed by atoms with Crippen LogP contribution in [0, 0.1) is 51.8 Å². The Morgan fingerprint density at radius 1 is 0.871 bits per heavy atom. The molecule has 0 bridgehead atoms. The van der Waals surface area contributed by atoms with Crippen molar-refractivity contribution in [2.45, 2.75) is 125 Å². The molecule has 3 saturated carbocycles. The van der Waals surface area contributed by atoms with Crippen LogP contribution in [0.2, 0.25) is 0 Å². The molecule has 1 heterocycles. The quantitative estimate of drug-likeness (QED) is 0.412. The van der Waals surface area contributed by atoms with Gasteiger partial charge in [-0.2, -0.15) is 0 Å². The van der Waals surface area contributed by atoms with E-state index < -0.39 is 0 Å². The van der Waals surface area contributed by atoms with E-state index in [2.05, 4.69) is 48.5 Å². The van der Waals surface area contributed by atoms with Crippen molar-refractivity contribution in [1.82, 2.24) is 0 Å². The molecular weight excluding hydrogens is 380 g/mol. The van der Waals surface area contributed by atoms with Crippen molar-refractivity contribution in [2.24, 2.45) is 51.8 Å². The van der Waals surface area contributed by atoms with Crippen molar-refractivity contribution in [3.05, 3.63) is 0 Å². The van der Waals surface area contributed by atoms with Gasteiger partial charge < -0.3 is 4.74 Å². The maximum atomic E-state index is 12.3. The van der Waals surface area contributed by atoms with E-state index in [0.29, 0.717) is 23.2 Å². The summed E-state index contributed by atoms with van der Waals surface area (Å²) in [5.74, 6) is 4.80. The highest BCUT2D eigenvalue weighted by Crippen LogP contribution is 2.73. The van der Waals surface area contributed by atoms with Crippen molar-refractivity contribution >= 4 is 5.97 Å². The summed E-state index contributed by atoms with van der Waals surface area (Å²) in [7, 11) is 0. The molecular formula is C29H50O2. The molecule has 4 rings (SSSR count). The van der Waals surface area contributed by atoms with Gasteiger partial charge in [-0.15, -0.1) is 0 Å². The van der Waals surface area contributed by atoms with Crippen molar-refractivity contribution in [2.75, 3.05) is 0 Å². The van der Waals surface area contributed by atoms with Crippen LogP contribution in [0.3, 0.4) is 0 Å². The molecule has 1 aliphatic heterocycles. The van der Waals surface area contributed by atoms with Crippen LogP contribution in [0.15, 0.2) is 0 Å². The van der Waals surface area contributed by atoms with E-state index in [4.69, 9.17) is 4.74 Å². The maximum absolute atomic E-state index is 12.3. The Labute approximate surface area is 192 Å². The van der Waals surface area contributed by atoms with E-state index in [9.17, 15) is 4.79 Å². The Kier molecular flexibility index (Phi) is 6.37. The van der Waals surface area contributed by atoms with Gasteiger partial charge in [0.25, 0.3) is 0 Å². The Bertz CT molecular complexity index is 670. The lowest BCUT2D eigenvalue weighted by molar-refractivity contribution is -0.166. The molecule has 0 unspecified atom stereocenters. The van der Waals surface area contributed by atoms with Crippen molar-refractivity contribution < 1.29 is 9.53 Å². The average Bonchev–Trinajstić information content (AvgIpc) is 2.91. The molecule has 4 aliphatic rings. The summed E-state index contributed by atoms with van der Waals surface area (Å²) in [6.07, 6.45) is 14.2. The zero-order valence-electron chi connectivity index (χ0n) is 21.6. The van der Waals surface area contributed by atoms with Crippen LogP contribution in [-0.4, -0.2) is 12.1 Å². The fourth-order valence-corrected chi connectivity index (χ4v) is 9.76. The first kappa shape index (κ1) is 23.6. The molecule has 0 amide bonds. The molecule has 0 N–H and O–H groups in total. The summed E-state index contributed by atoms with van der Waals surface area (Å²) in [6, 6.07) is 0. The van der Waals surface area contributed by atoms with Gasteiger partial charge in [0.2, 0.25) is 0 Å². The van der Waals surface area contributed by atoms with Crippen LogP contribution in [0.4, 0.5) is 0 Å². The highest BCUT2D eigenvalue weighted by atomic mass is 16.5. The number of hydrogen-bond donors (Lipinski definition) is 0. The number of rotatable bonds is 5. The standard InChI is InChI=1S/C29H50O2/c1-19(2)9-8-10-20(3)22-13-17-29(7)25-12-11-23-21(4)31-26(30)15-16-27(23,5)24(25)14-18-28(22,29)6/h19-25H,8-18H2,1-7H3/t20-,21+,22-,23+,24+,25-,27+,28-,29+/m1/s1. The van der Waals surface area contributed by atoms with Gasteiger partial charge >= 0.3 is 5.97 Å². The first-order valence-electron chi connectivity index (χ1n) is 13.7. The van der Waals surface area contributed by atoms with E-state index >= 15 is 0 Å². The van der Waals surface area contributed by atoms with Crippen LogP contribution in [0.25, 0.3) is 0 Å². The van der Waals surface area contributed by atoms with Gasteiger partial charge in [0.15, 0.2) is 0 Å². The lowest BCUT2D eigenvalue weighted by atomic mass is 9.41. The molecule has 178 valence electrons. The van der Waals surface area contributed by atoms with E-state index in [-0.39, 0.29) is 17.5 Å². The lowest BCUT2D eigenvalue weighted by Crippen LogP contribution is -2.57. The summed E-state index contributed by atoms with van der Waals surface area (Å²) < 4.78 is 5.82. The van der Waals surface area contributed by atoms with E-state index in [1.807, 2.05) is 0 Å². The Balaban J connectivity index is 1.56. The van der Waals surface area contributed by atoms with Gasteiger partial charge in [0.05, 0.1) is 0 Å². The van der Waals surface area contributed by atoms with Gasteiger partial charge in [0.1, 0.15) is 6.10 Å². The van der Waals surface area contributed by atoms with Crippen LogP contribution in [0.1, 0.15) is 119 Å². The molecule has 0 radical (unpaired) electrons. The van der Waals surface area contributed by atoms with Crippen molar-refractivity contribution in [1.29, 1.82) is 0 Å². The zero-order valence-corrected chi connectivity index (χ0v) is 21.6. The van der Waals surface area contributed by atoms with Crippen LogP contribution < -0.4 is 0 Å². The number of hydrogen-bond acceptors (Lipinski definition) is 2.